The first-order valence-corrected chi connectivity index (χ1v) is 8.23. The van der Waals surface area contributed by atoms with Gasteiger partial charge in [0.2, 0.25) is 5.91 Å². The first-order valence-electron chi connectivity index (χ1n) is 6.56. The minimum absolute atomic E-state index is 0.157. The Balaban J connectivity index is 1.73. The summed E-state index contributed by atoms with van der Waals surface area (Å²) in [5, 5.41) is 6.64. The molecular weight excluding hydrogens is 324 g/mol. The Hall–Kier alpha value is -0.520. The number of hydrogen-bond acceptors (Lipinski definition) is 3. The molecule has 0 radical (unpaired) electrons. The summed E-state index contributed by atoms with van der Waals surface area (Å²) in [4.78, 5) is 13.1. The van der Waals surface area contributed by atoms with E-state index >= 15 is 0 Å². The molecule has 1 amide bonds. The van der Waals surface area contributed by atoms with Gasteiger partial charge in [0.1, 0.15) is 0 Å². The number of thioether (sulfide) groups is 1. The highest BCUT2D eigenvalue weighted by Crippen LogP contribution is 2.24. The van der Waals surface area contributed by atoms with Crippen LogP contribution >= 0.6 is 27.7 Å². The van der Waals surface area contributed by atoms with E-state index in [4.69, 9.17) is 0 Å². The van der Waals surface area contributed by atoms with E-state index in [0.717, 1.165) is 30.5 Å². The lowest BCUT2D eigenvalue weighted by molar-refractivity contribution is -0.124. The van der Waals surface area contributed by atoms with E-state index in [9.17, 15) is 4.79 Å². The predicted octanol–water partition coefficient (Wildman–Crippen LogP) is 2.66. The molecule has 0 aliphatic carbocycles. The van der Waals surface area contributed by atoms with E-state index in [1.807, 2.05) is 12.1 Å². The van der Waals surface area contributed by atoms with Crippen molar-refractivity contribution in [2.75, 3.05) is 19.6 Å². The van der Waals surface area contributed by atoms with Crippen molar-refractivity contribution in [2.24, 2.45) is 5.92 Å². The molecule has 1 aromatic carbocycles. The fourth-order valence-electron chi connectivity index (χ4n) is 2.05. The fourth-order valence-corrected chi connectivity index (χ4v) is 3.24. The van der Waals surface area contributed by atoms with Gasteiger partial charge in [-0.3, -0.25) is 4.79 Å². The standard InChI is InChI=1S/C14H19BrN2OS/c1-10(19-13-4-2-12(15)3-5-13)8-17-14(18)11-6-7-16-9-11/h2-5,10-11,16H,6-9H2,1H3,(H,17,18)/t10-,11+/m0/s1. The number of benzene rings is 1. The molecule has 0 unspecified atom stereocenters. The van der Waals surface area contributed by atoms with Crippen molar-refractivity contribution in [2.45, 2.75) is 23.5 Å². The summed E-state index contributed by atoms with van der Waals surface area (Å²) in [5.41, 5.74) is 0. The topological polar surface area (TPSA) is 41.1 Å². The molecular formula is C14H19BrN2OS. The Bertz CT molecular complexity index is 418. The van der Waals surface area contributed by atoms with Gasteiger partial charge in [-0.15, -0.1) is 11.8 Å². The monoisotopic (exact) mass is 342 g/mol. The number of halogens is 1. The molecule has 0 aromatic heterocycles. The lowest BCUT2D eigenvalue weighted by Crippen LogP contribution is -2.35. The van der Waals surface area contributed by atoms with Crippen molar-refractivity contribution in [3.63, 3.8) is 0 Å². The first kappa shape index (κ1) is 14.9. The molecule has 2 atom stereocenters. The van der Waals surface area contributed by atoms with Crippen molar-refractivity contribution in [1.29, 1.82) is 0 Å². The molecule has 1 heterocycles. The molecule has 0 bridgehead atoms. The third-order valence-corrected chi connectivity index (χ3v) is 4.79. The minimum Gasteiger partial charge on any atom is -0.355 e. The van der Waals surface area contributed by atoms with E-state index in [-0.39, 0.29) is 11.8 Å². The lowest BCUT2D eigenvalue weighted by Gasteiger charge is -2.14. The Morgan fingerprint density at radius 1 is 1.53 bits per heavy atom. The van der Waals surface area contributed by atoms with Gasteiger partial charge in [0.05, 0.1) is 5.92 Å². The smallest absolute Gasteiger partial charge is 0.224 e. The fraction of sp³-hybridized carbons (Fsp3) is 0.500. The highest BCUT2D eigenvalue weighted by molar-refractivity contribution is 9.10. The highest BCUT2D eigenvalue weighted by atomic mass is 79.9. The van der Waals surface area contributed by atoms with Gasteiger partial charge >= 0.3 is 0 Å². The summed E-state index contributed by atoms with van der Waals surface area (Å²) >= 11 is 5.21. The average molecular weight is 343 g/mol. The SMILES string of the molecule is C[C@@H](CNC(=O)[C@@H]1CCNC1)Sc1ccc(Br)cc1. The largest absolute Gasteiger partial charge is 0.355 e. The summed E-state index contributed by atoms with van der Waals surface area (Å²) in [6.45, 7) is 4.64. The molecule has 1 aliphatic heterocycles. The van der Waals surface area contributed by atoms with Crippen molar-refractivity contribution in [1.82, 2.24) is 10.6 Å². The molecule has 19 heavy (non-hydrogen) atoms. The van der Waals surface area contributed by atoms with Gasteiger partial charge in [0.15, 0.2) is 0 Å². The first-order chi connectivity index (χ1) is 9.15. The van der Waals surface area contributed by atoms with Crippen molar-refractivity contribution in [3.05, 3.63) is 28.7 Å². The number of carbonyl (C=O) groups is 1. The van der Waals surface area contributed by atoms with Gasteiger partial charge in [-0.1, -0.05) is 22.9 Å². The number of nitrogens with one attached hydrogen (secondary N) is 2. The summed E-state index contributed by atoms with van der Waals surface area (Å²) in [6, 6.07) is 8.26. The van der Waals surface area contributed by atoms with Crippen LogP contribution < -0.4 is 10.6 Å². The maximum absolute atomic E-state index is 11.9. The highest BCUT2D eigenvalue weighted by Gasteiger charge is 2.22. The zero-order valence-corrected chi connectivity index (χ0v) is 13.4. The molecule has 104 valence electrons. The van der Waals surface area contributed by atoms with Crippen LogP contribution in [0, 0.1) is 5.92 Å². The van der Waals surface area contributed by atoms with Crippen LogP contribution in [0.25, 0.3) is 0 Å². The van der Waals surface area contributed by atoms with E-state index in [0.29, 0.717) is 5.25 Å². The number of amides is 1. The van der Waals surface area contributed by atoms with Crippen LogP contribution in [-0.2, 0) is 4.79 Å². The Morgan fingerprint density at radius 2 is 2.26 bits per heavy atom. The number of carbonyl (C=O) groups excluding carboxylic acids is 1. The van der Waals surface area contributed by atoms with Gasteiger partial charge in [0, 0.05) is 27.7 Å². The van der Waals surface area contributed by atoms with Crippen LogP contribution in [0.3, 0.4) is 0 Å². The molecule has 3 nitrogen and oxygen atoms in total. The van der Waals surface area contributed by atoms with E-state index in [1.54, 1.807) is 11.8 Å². The maximum Gasteiger partial charge on any atom is 0.224 e. The molecule has 2 rings (SSSR count). The van der Waals surface area contributed by atoms with Crippen LogP contribution in [0.5, 0.6) is 0 Å². The molecule has 1 fully saturated rings. The molecule has 5 heteroatoms. The van der Waals surface area contributed by atoms with E-state index in [1.165, 1.54) is 4.90 Å². The third-order valence-electron chi connectivity index (χ3n) is 3.15. The van der Waals surface area contributed by atoms with Crippen LogP contribution in [-0.4, -0.2) is 30.8 Å². The zero-order valence-electron chi connectivity index (χ0n) is 11.0. The van der Waals surface area contributed by atoms with Gasteiger partial charge in [0.25, 0.3) is 0 Å². The normalized spacial score (nSPS) is 20.2. The molecule has 0 saturated carbocycles. The number of hydrogen-bond donors (Lipinski definition) is 2. The Labute approximate surface area is 127 Å². The second-order valence-corrected chi connectivity index (χ2v) is 7.24. The van der Waals surface area contributed by atoms with Crippen molar-refractivity contribution >= 4 is 33.6 Å². The molecule has 1 aliphatic rings. The second kappa shape index (κ2) is 7.31. The van der Waals surface area contributed by atoms with Gasteiger partial charge in [-0.25, -0.2) is 0 Å². The molecule has 0 spiro atoms. The van der Waals surface area contributed by atoms with E-state index in [2.05, 4.69) is 45.6 Å². The van der Waals surface area contributed by atoms with Crippen LogP contribution in [0.1, 0.15) is 13.3 Å². The van der Waals surface area contributed by atoms with Crippen LogP contribution in [0.4, 0.5) is 0 Å². The summed E-state index contributed by atoms with van der Waals surface area (Å²) in [6.07, 6.45) is 0.958. The molecule has 2 N–H and O–H groups in total. The average Bonchev–Trinajstić information content (AvgIpc) is 2.93. The van der Waals surface area contributed by atoms with Crippen LogP contribution in [0.2, 0.25) is 0 Å². The zero-order chi connectivity index (χ0) is 13.7. The summed E-state index contributed by atoms with van der Waals surface area (Å²) in [5.74, 6) is 0.345. The Kier molecular flexibility index (Phi) is 5.73. The van der Waals surface area contributed by atoms with Crippen molar-refractivity contribution < 1.29 is 4.79 Å². The lowest BCUT2D eigenvalue weighted by atomic mass is 10.1. The van der Waals surface area contributed by atoms with Gasteiger partial charge in [-0.2, -0.15) is 0 Å². The molecule has 1 saturated heterocycles. The van der Waals surface area contributed by atoms with Gasteiger partial charge in [-0.05, 0) is 37.2 Å². The van der Waals surface area contributed by atoms with Gasteiger partial charge < -0.3 is 10.6 Å². The maximum atomic E-state index is 11.9. The van der Waals surface area contributed by atoms with E-state index < -0.39 is 0 Å². The minimum atomic E-state index is 0.157. The second-order valence-electron chi connectivity index (χ2n) is 4.82. The predicted molar refractivity (Wildman–Crippen MR) is 83.4 cm³/mol. The Morgan fingerprint density at radius 3 is 2.89 bits per heavy atom. The quantitative estimate of drug-likeness (QED) is 0.808. The molecule has 1 aromatic rings. The third kappa shape index (κ3) is 4.82. The number of rotatable bonds is 5. The summed E-state index contributed by atoms with van der Waals surface area (Å²) < 4.78 is 1.09. The summed E-state index contributed by atoms with van der Waals surface area (Å²) in [7, 11) is 0. The van der Waals surface area contributed by atoms with Crippen LogP contribution in [0.15, 0.2) is 33.6 Å². The van der Waals surface area contributed by atoms with Crippen molar-refractivity contribution in [3.8, 4) is 0 Å².